The van der Waals surface area contributed by atoms with Crippen molar-refractivity contribution in [3.63, 3.8) is 0 Å². The summed E-state index contributed by atoms with van der Waals surface area (Å²) in [5.41, 5.74) is 9.62. The summed E-state index contributed by atoms with van der Waals surface area (Å²) >= 11 is 3.54. The number of benzene rings is 1. The molecule has 0 amide bonds. The Morgan fingerprint density at radius 1 is 1.56 bits per heavy atom. The molecule has 0 fully saturated rings. The molecule has 0 aliphatic carbocycles. The van der Waals surface area contributed by atoms with Gasteiger partial charge in [-0.25, -0.2) is 0 Å². The van der Waals surface area contributed by atoms with Gasteiger partial charge in [0, 0.05) is 11.6 Å². The topological polar surface area (TPSA) is 35.2 Å². The Labute approximate surface area is 105 Å². The van der Waals surface area contributed by atoms with Gasteiger partial charge in [-0.05, 0) is 59.5 Å². The molecule has 1 aliphatic heterocycles. The zero-order valence-electron chi connectivity index (χ0n) is 9.59. The van der Waals surface area contributed by atoms with Gasteiger partial charge in [0.05, 0.1) is 4.47 Å². The fourth-order valence-corrected chi connectivity index (χ4v) is 2.71. The Hall–Kier alpha value is -0.800. The van der Waals surface area contributed by atoms with Crippen LogP contribution in [-0.4, -0.2) is 12.6 Å². The van der Waals surface area contributed by atoms with Gasteiger partial charge < -0.3 is 10.5 Å². The van der Waals surface area contributed by atoms with E-state index in [2.05, 4.69) is 35.0 Å². The first-order chi connectivity index (χ1) is 7.59. The summed E-state index contributed by atoms with van der Waals surface area (Å²) < 4.78 is 6.68. The standard InChI is InChI=1S/C13H16BrNO/c1-8-6-12(14)13-10(4-3-5-16-13)11(8)7-9(2)15/h3-4,6,9H,5,7,15H2,1-2H3. The van der Waals surface area contributed by atoms with E-state index in [-0.39, 0.29) is 6.04 Å². The van der Waals surface area contributed by atoms with Crippen LogP contribution < -0.4 is 10.5 Å². The molecule has 2 rings (SSSR count). The molecule has 86 valence electrons. The zero-order valence-corrected chi connectivity index (χ0v) is 11.2. The normalized spacial score (nSPS) is 15.5. The highest BCUT2D eigenvalue weighted by Gasteiger charge is 2.17. The van der Waals surface area contributed by atoms with Gasteiger partial charge in [0.1, 0.15) is 12.4 Å². The highest BCUT2D eigenvalue weighted by Crippen LogP contribution is 2.37. The predicted octanol–water partition coefficient (Wildman–Crippen LogP) is 3.05. The molecule has 2 nitrogen and oxygen atoms in total. The second kappa shape index (κ2) is 4.60. The summed E-state index contributed by atoms with van der Waals surface area (Å²) in [7, 11) is 0. The van der Waals surface area contributed by atoms with Crippen molar-refractivity contribution in [3.8, 4) is 5.75 Å². The van der Waals surface area contributed by atoms with Crippen molar-refractivity contribution in [1.29, 1.82) is 0 Å². The molecule has 0 spiro atoms. The van der Waals surface area contributed by atoms with Crippen molar-refractivity contribution in [2.45, 2.75) is 26.3 Å². The number of ether oxygens (including phenoxy) is 1. The fraction of sp³-hybridized carbons (Fsp3) is 0.385. The van der Waals surface area contributed by atoms with Gasteiger partial charge in [-0.3, -0.25) is 0 Å². The van der Waals surface area contributed by atoms with Crippen LogP contribution in [0.2, 0.25) is 0 Å². The lowest BCUT2D eigenvalue weighted by Crippen LogP contribution is -2.19. The maximum Gasteiger partial charge on any atom is 0.141 e. The molecule has 1 unspecified atom stereocenters. The van der Waals surface area contributed by atoms with Crippen molar-refractivity contribution in [2.24, 2.45) is 5.73 Å². The van der Waals surface area contributed by atoms with E-state index in [4.69, 9.17) is 10.5 Å². The number of hydrogen-bond donors (Lipinski definition) is 1. The van der Waals surface area contributed by atoms with Crippen molar-refractivity contribution in [3.05, 3.63) is 33.3 Å². The molecule has 1 atom stereocenters. The van der Waals surface area contributed by atoms with Crippen molar-refractivity contribution in [1.82, 2.24) is 0 Å². The van der Waals surface area contributed by atoms with Crippen LogP contribution in [-0.2, 0) is 6.42 Å². The summed E-state index contributed by atoms with van der Waals surface area (Å²) in [6, 6.07) is 2.27. The summed E-state index contributed by atoms with van der Waals surface area (Å²) in [4.78, 5) is 0. The van der Waals surface area contributed by atoms with Gasteiger partial charge >= 0.3 is 0 Å². The number of aryl methyl sites for hydroxylation is 1. The molecule has 3 heteroatoms. The summed E-state index contributed by atoms with van der Waals surface area (Å²) in [5.74, 6) is 0.948. The quantitative estimate of drug-likeness (QED) is 0.904. The van der Waals surface area contributed by atoms with Gasteiger partial charge in [-0.2, -0.15) is 0 Å². The number of nitrogens with two attached hydrogens (primary N) is 1. The Morgan fingerprint density at radius 2 is 2.31 bits per heavy atom. The first-order valence-electron chi connectivity index (χ1n) is 5.46. The van der Waals surface area contributed by atoms with Crippen LogP contribution >= 0.6 is 15.9 Å². The van der Waals surface area contributed by atoms with Crippen molar-refractivity contribution >= 4 is 22.0 Å². The average Bonchev–Trinajstić information content (AvgIpc) is 2.24. The van der Waals surface area contributed by atoms with Gasteiger partial charge in [0.25, 0.3) is 0 Å². The van der Waals surface area contributed by atoms with Crippen LogP contribution in [0, 0.1) is 6.92 Å². The molecule has 0 saturated heterocycles. The smallest absolute Gasteiger partial charge is 0.141 e. The van der Waals surface area contributed by atoms with E-state index in [0.717, 1.165) is 16.6 Å². The van der Waals surface area contributed by atoms with Gasteiger partial charge in [-0.1, -0.05) is 6.08 Å². The lowest BCUT2D eigenvalue weighted by atomic mass is 9.94. The van der Waals surface area contributed by atoms with E-state index >= 15 is 0 Å². The first kappa shape index (κ1) is 11.7. The van der Waals surface area contributed by atoms with E-state index in [1.807, 2.05) is 13.0 Å². The second-order valence-corrected chi connectivity index (χ2v) is 5.15. The number of hydrogen-bond acceptors (Lipinski definition) is 2. The van der Waals surface area contributed by atoms with Crippen molar-refractivity contribution < 1.29 is 4.74 Å². The fourth-order valence-electron chi connectivity index (χ4n) is 2.03. The minimum Gasteiger partial charge on any atom is -0.488 e. The van der Waals surface area contributed by atoms with Crippen LogP contribution in [0.25, 0.3) is 6.08 Å². The van der Waals surface area contributed by atoms with Gasteiger partial charge in [0.2, 0.25) is 0 Å². The SMILES string of the molecule is Cc1cc(Br)c2c(c1CC(C)N)C=CCO2. The molecule has 0 bridgehead atoms. The minimum atomic E-state index is 0.166. The molecule has 1 aliphatic rings. The van der Waals surface area contributed by atoms with E-state index in [1.165, 1.54) is 16.7 Å². The number of fused-ring (bicyclic) bond motifs is 1. The molecular weight excluding hydrogens is 266 g/mol. The maximum atomic E-state index is 5.89. The Kier molecular flexibility index (Phi) is 3.36. The van der Waals surface area contributed by atoms with Gasteiger partial charge in [0.15, 0.2) is 0 Å². The zero-order chi connectivity index (χ0) is 11.7. The van der Waals surface area contributed by atoms with E-state index < -0.39 is 0 Å². The third-order valence-electron chi connectivity index (χ3n) is 2.74. The summed E-state index contributed by atoms with van der Waals surface area (Å²) in [6.07, 6.45) is 5.06. The van der Waals surface area contributed by atoms with E-state index in [9.17, 15) is 0 Å². The Balaban J connectivity index is 2.56. The maximum absolute atomic E-state index is 5.89. The predicted molar refractivity (Wildman–Crippen MR) is 70.8 cm³/mol. The third kappa shape index (κ3) is 2.15. The highest BCUT2D eigenvalue weighted by atomic mass is 79.9. The van der Waals surface area contributed by atoms with Crippen LogP contribution in [0.15, 0.2) is 16.6 Å². The lowest BCUT2D eigenvalue weighted by Gasteiger charge is -2.20. The van der Waals surface area contributed by atoms with Crippen molar-refractivity contribution in [2.75, 3.05) is 6.61 Å². The minimum absolute atomic E-state index is 0.166. The van der Waals surface area contributed by atoms with E-state index in [1.54, 1.807) is 0 Å². The lowest BCUT2D eigenvalue weighted by molar-refractivity contribution is 0.355. The van der Waals surface area contributed by atoms with Crippen LogP contribution in [0.5, 0.6) is 5.75 Å². The van der Waals surface area contributed by atoms with Crippen LogP contribution in [0.4, 0.5) is 0 Å². The molecule has 0 saturated carbocycles. The molecule has 16 heavy (non-hydrogen) atoms. The first-order valence-corrected chi connectivity index (χ1v) is 6.25. The second-order valence-electron chi connectivity index (χ2n) is 4.29. The summed E-state index contributed by atoms with van der Waals surface area (Å²) in [5, 5.41) is 0. The summed E-state index contributed by atoms with van der Waals surface area (Å²) in [6.45, 7) is 4.79. The molecule has 1 heterocycles. The molecule has 2 N–H and O–H groups in total. The molecule has 0 radical (unpaired) electrons. The van der Waals surface area contributed by atoms with E-state index in [0.29, 0.717) is 6.61 Å². The number of rotatable bonds is 2. The number of halogens is 1. The third-order valence-corrected chi connectivity index (χ3v) is 3.33. The average molecular weight is 282 g/mol. The Bertz CT molecular complexity index is 438. The van der Waals surface area contributed by atoms with Crippen LogP contribution in [0.1, 0.15) is 23.6 Å². The molecule has 1 aromatic carbocycles. The van der Waals surface area contributed by atoms with Crippen LogP contribution in [0.3, 0.4) is 0 Å². The molecule has 1 aromatic rings. The monoisotopic (exact) mass is 281 g/mol. The molecular formula is C13H16BrNO. The molecule has 0 aromatic heterocycles. The van der Waals surface area contributed by atoms with Gasteiger partial charge in [-0.15, -0.1) is 0 Å². The Morgan fingerprint density at radius 3 is 3.00 bits per heavy atom. The largest absolute Gasteiger partial charge is 0.488 e. The highest BCUT2D eigenvalue weighted by molar-refractivity contribution is 9.10.